The van der Waals surface area contributed by atoms with E-state index in [2.05, 4.69) is 4.90 Å². The Morgan fingerprint density at radius 3 is 2.27 bits per heavy atom. The number of amides is 2. The molecule has 0 aromatic rings. The Kier molecular flexibility index (Phi) is 5.36. The molecule has 0 radical (unpaired) electrons. The molecule has 0 aromatic carbocycles. The summed E-state index contributed by atoms with van der Waals surface area (Å²) in [6, 6.07) is 0. The van der Waals surface area contributed by atoms with Gasteiger partial charge in [-0.25, -0.2) is 8.42 Å². The van der Waals surface area contributed by atoms with E-state index in [1.54, 1.807) is 0 Å². The van der Waals surface area contributed by atoms with Gasteiger partial charge >= 0.3 is 0 Å². The number of carbonyl (C=O) groups excluding carboxylic acids is 2. The fourth-order valence-electron chi connectivity index (χ4n) is 4.74. The third-order valence-corrected chi connectivity index (χ3v) is 7.14. The number of sulfone groups is 1. The maximum absolute atomic E-state index is 12.7. The normalized spacial score (nSPS) is 29.2. The third-order valence-electron chi connectivity index (χ3n) is 6.20. The van der Waals surface area contributed by atoms with Crippen LogP contribution in [0.25, 0.3) is 0 Å². The van der Waals surface area contributed by atoms with Crippen LogP contribution in [0.2, 0.25) is 0 Å². The molecule has 26 heavy (non-hydrogen) atoms. The molecule has 0 aromatic heterocycles. The van der Waals surface area contributed by atoms with Crippen LogP contribution in [0.5, 0.6) is 0 Å². The molecule has 1 saturated carbocycles. The summed E-state index contributed by atoms with van der Waals surface area (Å²) < 4.78 is 22.7. The number of rotatable bonds is 6. The summed E-state index contributed by atoms with van der Waals surface area (Å²) in [7, 11) is 0.912. The van der Waals surface area contributed by atoms with E-state index in [0.29, 0.717) is 25.5 Å². The Bertz CT molecular complexity index is 674. The van der Waals surface area contributed by atoms with Crippen molar-refractivity contribution in [1.29, 1.82) is 0 Å². The van der Waals surface area contributed by atoms with Gasteiger partial charge in [-0.2, -0.15) is 0 Å². The van der Waals surface area contributed by atoms with Gasteiger partial charge < -0.3 is 14.7 Å². The Morgan fingerprint density at radius 2 is 1.73 bits per heavy atom. The summed E-state index contributed by atoms with van der Waals surface area (Å²) in [5, 5.41) is 0. The van der Waals surface area contributed by atoms with Gasteiger partial charge in [0.1, 0.15) is 9.84 Å². The van der Waals surface area contributed by atoms with Crippen molar-refractivity contribution in [2.45, 2.75) is 25.7 Å². The van der Waals surface area contributed by atoms with Crippen LogP contribution >= 0.6 is 0 Å². The molecular weight excluding hydrogens is 354 g/mol. The number of hydrogen-bond acceptors (Lipinski definition) is 5. The van der Waals surface area contributed by atoms with Gasteiger partial charge in [-0.3, -0.25) is 9.59 Å². The molecular formula is C18H31N3O4S. The van der Waals surface area contributed by atoms with Gasteiger partial charge in [0.2, 0.25) is 11.8 Å². The third kappa shape index (κ3) is 4.06. The highest BCUT2D eigenvalue weighted by Gasteiger charge is 2.55. The fraction of sp³-hybridized carbons (Fsp3) is 0.889. The molecule has 0 spiro atoms. The van der Waals surface area contributed by atoms with Gasteiger partial charge in [0.15, 0.2) is 0 Å². The zero-order chi connectivity index (χ0) is 19.1. The highest BCUT2D eigenvalue weighted by atomic mass is 32.2. The lowest BCUT2D eigenvalue weighted by Crippen LogP contribution is -2.45. The molecule has 2 amide bonds. The average Bonchev–Trinajstić information content (AvgIpc) is 2.94. The molecule has 3 aliphatic rings. The molecule has 2 heterocycles. The van der Waals surface area contributed by atoms with Crippen LogP contribution in [0.4, 0.5) is 0 Å². The van der Waals surface area contributed by atoms with Crippen LogP contribution < -0.4 is 0 Å². The van der Waals surface area contributed by atoms with Crippen LogP contribution in [0.15, 0.2) is 0 Å². The zero-order valence-corrected chi connectivity index (χ0v) is 16.9. The molecule has 7 nitrogen and oxygen atoms in total. The van der Waals surface area contributed by atoms with E-state index in [9.17, 15) is 18.0 Å². The molecule has 0 N–H and O–H groups in total. The van der Waals surface area contributed by atoms with Crippen molar-refractivity contribution in [3.05, 3.63) is 0 Å². The molecule has 2 atom stereocenters. The first-order valence-corrected chi connectivity index (χ1v) is 11.5. The van der Waals surface area contributed by atoms with E-state index in [1.807, 2.05) is 23.9 Å². The number of likely N-dealkylation sites (tertiary alicyclic amines) is 2. The van der Waals surface area contributed by atoms with Crippen LogP contribution in [0, 0.1) is 17.3 Å². The number of nitrogens with zero attached hydrogens (tertiary/aromatic N) is 3. The summed E-state index contributed by atoms with van der Waals surface area (Å²) in [6.45, 7) is 3.51. The first-order valence-electron chi connectivity index (χ1n) is 9.49. The van der Waals surface area contributed by atoms with E-state index >= 15 is 0 Å². The predicted octanol–water partition coefficient (Wildman–Crippen LogP) is 0.0698. The molecule has 148 valence electrons. The Labute approximate surface area is 156 Å². The molecule has 1 aliphatic carbocycles. The molecule has 8 heteroatoms. The quantitative estimate of drug-likeness (QED) is 0.647. The summed E-state index contributed by atoms with van der Waals surface area (Å²) in [6.07, 6.45) is 4.39. The molecule has 2 aliphatic heterocycles. The number of carbonyl (C=O) groups is 2. The van der Waals surface area contributed by atoms with Gasteiger partial charge in [-0.15, -0.1) is 0 Å². The Hall–Kier alpha value is -1.15. The maximum Gasteiger partial charge on any atom is 0.225 e. The van der Waals surface area contributed by atoms with E-state index in [0.717, 1.165) is 38.6 Å². The molecule has 2 unspecified atom stereocenters. The number of fused-ring (bicyclic) bond motifs is 1. The van der Waals surface area contributed by atoms with Crippen molar-refractivity contribution in [3.8, 4) is 0 Å². The van der Waals surface area contributed by atoms with Crippen molar-refractivity contribution in [2.75, 3.05) is 58.8 Å². The second-order valence-corrected chi connectivity index (χ2v) is 11.1. The minimum atomic E-state index is -3.14. The van der Waals surface area contributed by atoms with Gasteiger partial charge in [-0.1, -0.05) is 6.42 Å². The smallest absolute Gasteiger partial charge is 0.225 e. The topological polar surface area (TPSA) is 78.0 Å². The second kappa shape index (κ2) is 7.11. The summed E-state index contributed by atoms with van der Waals surface area (Å²) in [5.41, 5.74) is -0.0936. The van der Waals surface area contributed by atoms with Crippen LogP contribution in [0.1, 0.15) is 25.7 Å². The van der Waals surface area contributed by atoms with E-state index in [4.69, 9.17) is 0 Å². The first-order chi connectivity index (χ1) is 12.1. The van der Waals surface area contributed by atoms with E-state index in [-0.39, 0.29) is 35.3 Å². The minimum absolute atomic E-state index is 0.0499. The lowest BCUT2D eigenvalue weighted by atomic mass is 9.80. The van der Waals surface area contributed by atoms with Crippen molar-refractivity contribution in [1.82, 2.24) is 14.7 Å². The van der Waals surface area contributed by atoms with Crippen LogP contribution in [-0.2, 0) is 19.4 Å². The van der Waals surface area contributed by atoms with Gasteiger partial charge in [0, 0.05) is 62.7 Å². The standard InChI is InChI=1S/C18H31N3O4S/c1-19(2)11-18-12-20(16(22)7-8-26(3,24)25)9-15(18)10-21(13-18)17(23)14-5-4-6-14/h14-15H,4-13H2,1-3H3. The largest absolute Gasteiger partial charge is 0.342 e. The highest BCUT2D eigenvalue weighted by molar-refractivity contribution is 7.90. The van der Waals surface area contributed by atoms with Crippen molar-refractivity contribution in [2.24, 2.45) is 17.3 Å². The molecule has 0 bridgehead atoms. The van der Waals surface area contributed by atoms with Crippen LogP contribution in [-0.4, -0.2) is 93.8 Å². The molecule has 2 saturated heterocycles. The maximum atomic E-state index is 12.7. The lowest BCUT2D eigenvalue weighted by molar-refractivity contribution is -0.138. The summed E-state index contributed by atoms with van der Waals surface area (Å²) in [4.78, 5) is 31.2. The number of hydrogen-bond donors (Lipinski definition) is 0. The van der Waals surface area contributed by atoms with Crippen molar-refractivity contribution in [3.63, 3.8) is 0 Å². The van der Waals surface area contributed by atoms with Crippen molar-refractivity contribution < 1.29 is 18.0 Å². The lowest BCUT2D eigenvalue weighted by Gasteiger charge is -2.34. The Balaban J connectivity index is 1.67. The SMILES string of the molecule is CN(C)CC12CN(C(=O)CCS(C)(=O)=O)CC1CN(C(=O)C1CCC1)C2. The zero-order valence-electron chi connectivity index (χ0n) is 16.1. The second-order valence-electron chi connectivity index (χ2n) is 8.80. The Morgan fingerprint density at radius 1 is 1.12 bits per heavy atom. The summed E-state index contributed by atoms with van der Waals surface area (Å²) in [5.74, 6) is 0.590. The van der Waals surface area contributed by atoms with Crippen LogP contribution in [0.3, 0.4) is 0 Å². The molecule has 3 rings (SSSR count). The predicted molar refractivity (Wildman–Crippen MR) is 99.3 cm³/mol. The van der Waals surface area contributed by atoms with Gasteiger partial charge in [-0.05, 0) is 26.9 Å². The average molecular weight is 386 g/mol. The minimum Gasteiger partial charge on any atom is -0.342 e. The van der Waals surface area contributed by atoms with Crippen molar-refractivity contribution >= 4 is 21.7 Å². The fourth-order valence-corrected chi connectivity index (χ4v) is 5.28. The van der Waals surface area contributed by atoms with E-state index < -0.39 is 9.84 Å². The van der Waals surface area contributed by atoms with Gasteiger partial charge in [0.05, 0.1) is 5.75 Å². The molecule has 3 fully saturated rings. The monoisotopic (exact) mass is 385 g/mol. The van der Waals surface area contributed by atoms with Gasteiger partial charge in [0.25, 0.3) is 0 Å². The first kappa shape index (κ1) is 19.6. The highest BCUT2D eigenvalue weighted by Crippen LogP contribution is 2.44. The summed E-state index contributed by atoms with van der Waals surface area (Å²) >= 11 is 0. The van der Waals surface area contributed by atoms with E-state index in [1.165, 1.54) is 0 Å².